The Labute approximate surface area is 210 Å². The molecule has 5 rings (SSSR count). The van der Waals surface area contributed by atoms with Crippen molar-refractivity contribution in [2.75, 3.05) is 6.61 Å². The maximum Gasteiger partial charge on any atom is 0.332 e. The summed E-state index contributed by atoms with van der Waals surface area (Å²) in [5, 5.41) is 7.42. The summed E-state index contributed by atoms with van der Waals surface area (Å²) in [5.74, 6) is -2.15. The van der Waals surface area contributed by atoms with Crippen LogP contribution in [0, 0.1) is 17.8 Å². The van der Waals surface area contributed by atoms with Gasteiger partial charge < -0.3 is 14.9 Å². The van der Waals surface area contributed by atoms with Crippen LogP contribution in [-0.2, 0) is 24.0 Å². The molecule has 2 aromatic rings. The largest absolute Gasteiger partial charge is 0.464 e. The lowest BCUT2D eigenvalue weighted by atomic mass is 9.91. The topological polar surface area (TPSA) is 94.1 Å². The highest BCUT2D eigenvalue weighted by Gasteiger charge is 2.62. The number of carbonyl (C=O) groups excluding carboxylic acids is 3. The summed E-state index contributed by atoms with van der Waals surface area (Å²) in [7, 11) is 0. The number of rotatable bonds is 8. The van der Waals surface area contributed by atoms with Crippen molar-refractivity contribution in [3.8, 4) is 11.1 Å². The smallest absolute Gasteiger partial charge is 0.332 e. The molecule has 0 aliphatic heterocycles. The van der Waals surface area contributed by atoms with Crippen molar-refractivity contribution in [3.05, 3.63) is 72.3 Å². The van der Waals surface area contributed by atoms with Gasteiger partial charge in [0.1, 0.15) is 23.1 Å². The van der Waals surface area contributed by atoms with Crippen LogP contribution in [-0.4, -0.2) is 41.6 Å². The zero-order valence-corrected chi connectivity index (χ0v) is 20.5. The highest BCUT2D eigenvalue weighted by atomic mass is 16.6. The van der Waals surface area contributed by atoms with E-state index in [0.717, 1.165) is 28.0 Å². The highest BCUT2D eigenvalue weighted by molar-refractivity contribution is 6.24. The monoisotopic (exact) mass is 486 g/mol. The molecule has 0 saturated heterocycles. The second-order valence-electron chi connectivity index (χ2n) is 9.78. The first-order valence-corrected chi connectivity index (χ1v) is 12.4. The van der Waals surface area contributed by atoms with E-state index >= 15 is 0 Å². The van der Waals surface area contributed by atoms with Crippen LogP contribution < -0.4 is 5.32 Å². The number of amides is 1. The number of nitrogens with zero attached hydrogens (tertiary/aromatic N) is 1. The summed E-state index contributed by atoms with van der Waals surface area (Å²) in [6.07, 6.45) is 2.45. The van der Waals surface area contributed by atoms with Gasteiger partial charge in [0, 0.05) is 23.0 Å². The molecule has 3 aliphatic carbocycles. The fourth-order valence-electron chi connectivity index (χ4n) is 5.61. The number of benzene rings is 2. The Bertz CT molecular complexity index is 1220. The molecule has 0 unspecified atom stereocenters. The van der Waals surface area contributed by atoms with E-state index < -0.39 is 29.4 Å². The minimum atomic E-state index is -1.09. The second-order valence-corrected chi connectivity index (χ2v) is 9.78. The van der Waals surface area contributed by atoms with Crippen molar-refractivity contribution >= 4 is 23.4 Å². The van der Waals surface area contributed by atoms with Crippen LogP contribution in [0.3, 0.4) is 0 Å². The van der Waals surface area contributed by atoms with Gasteiger partial charge in [-0.3, -0.25) is 9.59 Å². The van der Waals surface area contributed by atoms with Gasteiger partial charge in [-0.25, -0.2) is 4.79 Å². The van der Waals surface area contributed by atoms with E-state index in [2.05, 4.69) is 29.2 Å². The van der Waals surface area contributed by atoms with Gasteiger partial charge >= 0.3 is 5.97 Å². The quantitative estimate of drug-likeness (QED) is 0.295. The summed E-state index contributed by atoms with van der Waals surface area (Å²) >= 11 is 0. The first kappa shape index (κ1) is 24.0. The predicted molar refractivity (Wildman–Crippen MR) is 135 cm³/mol. The molecular weight excluding hydrogens is 456 g/mol. The molecule has 7 heteroatoms. The van der Waals surface area contributed by atoms with Crippen LogP contribution in [0.25, 0.3) is 11.1 Å². The minimum absolute atomic E-state index is 0.0771. The van der Waals surface area contributed by atoms with Crippen LogP contribution in [0.15, 0.2) is 66.3 Å². The molecule has 0 aromatic heterocycles. The zero-order valence-electron chi connectivity index (χ0n) is 20.5. The molecule has 1 amide bonds. The van der Waals surface area contributed by atoms with E-state index in [9.17, 15) is 14.4 Å². The molecule has 5 atom stereocenters. The Morgan fingerprint density at radius 3 is 2.14 bits per heavy atom. The molecule has 2 saturated carbocycles. The summed E-state index contributed by atoms with van der Waals surface area (Å²) in [6.45, 7) is 7.21. The molecular formula is C29H30N2O5. The van der Waals surface area contributed by atoms with E-state index in [1.807, 2.05) is 36.4 Å². The lowest BCUT2D eigenvalue weighted by molar-refractivity contribution is -0.149. The number of hydrogen-bond acceptors (Lipinski definition) is 6. The summed E-state index contributed by atoms with van der Waals surface area (Å²) < 4.78 is 5.20. The van der Waals surface area contributed by atoms with Gasteiger partial charge in [0.15, 0.2) is 0 Å². The van der Waals surface area contributed by atoms with E-state index in [1.54, 1.807) is 13.0 Å². The van der Waals surface area contributed by atoms with Crippen molar-refractivity contribution in [3.63, 3.8) is 0 Å². The second kappa shape index (κ2) is 9.37. The summed E-state index contributed by atoms with van der Waals surface area (Å²) in [6, 6.07) is 16.1. The van der Waals surface area contributed by atoms with Gasteiger partial charge in [-0.1, -0.05) is 59.8 Å². The maximum absolute atomic E-state index is 13.3. The van der Waals surface area contributed by atoms with Gasteiger partial charge in [0.25, 0.3) is 0 Å². The molecule has 0 bridgehead atoms. The van der Waals surface area contributed by atoms with Crippen LogP contribution >= 0.6 is 0 Å². The standard InChI is InChI=1S/C29H30N2O5/c1-4-18-16-29(18,28(34)35-5-2)30-27(33)25-15-19(14-24(25)17(3)32)36-31-26-22-12-8-6-10-20(22)21-11-7-9-13-23(21)26/h4,6-13,18-19,24-25H,1,5,14-16H2,2-3H3,(H,30,33)/t18-,19+,24+,25-,29-/m1/s1. The number of ketones is 1. The van der Waals surface area contributed by atoms with E-state index in [4.69, 9.17) is 9.57 Å². The van der Waals surface area contributed by atoms with Crippen molar-refractivity contribution in [1.82, 2.24) is 5.32 Å². The van der Waals surface area contributed by atoms with Gasteiger partial charge in [-0.15, -0.1) is 6.58 Å². The Morgan fingerprint density at radius 1 is 1.03 bits per heavy atom. The number of nitrogens with one attached hydrogen (secondary N) is 1. The third-order valence-corrected chi connectivity index (χ3v) is 7.61. The SMILES string of the molecule is C=C[C@@H]1C[C@]1(NC(=O)[C@@H]1C[C@@H](ON=C2c3ccccc3-c3ccccc32)C[C@H]1C(C)=O)C(=O)OCC. The third kappa shape index (κ3) is 4.02. The lowest BCUT2D eigenvalue weighted by Gasteiger charge is -2.22. The van der Waals surface area contributed by atoms with Crippen LogP contribution in [0.2, 0.25) is 0 Å². The summed E-state index contributed by atoms with van der Waals surface area (Å²) in [4.78, 5) is 44.3. The van der Waals surface area contributed by atoms with E-state index in [0.29, 0.717) is 19.3 Å². The Balaban J connectivity index is 1.34. The van der Waals surface area contributed by atoms with Crippen molar-refractivity contribution in [1.29, 1.82) is 0 Å². The molecule has 7 nitrogen and oxygen atoms in total. The van der Waals surface area contributed by atoms with Crippen LogP contribution in [0.5, 0.6) is 0 Å². The predicted octanol–water partition coefficient (Wildman–Crippen LogP) is 4.04. The molecule has 2 aromatic carbocycles. The average molecular weight is 487 g/mol. The van der Waals surface area contributed by atoms with Crippen molar-refractivity contribution in [2.45, 2.75) is 44.8 Å². The summed E-state index contributed by atoms with van der Waals surface area (Å²) in [5.41, 5.74) is 3.86. The highest BCUT2D eigenvalue weighted by Crippen LogP contribution is 2.46. The van der Waals surface area contributed by atoms with Gasteiger partial charge in [0.05, 0.1) is 12.5 Å². The first-order chi connectivity index (χ1) is 17.4. The van der Waals surface area contributed by atoms with Crippen LogP contribution in [0.4, 0.5) is 0 Å². The van der Waals surface area contributed by atoms with Crippen molar-refractivity contribution < 1.29 is 24.0 Å². The zero-order chi connectivity index (χ0) is 25.4. The Hall–Kier alpha value is -3.74. The van der Waals surface area contributed by atoms with Crippen LogP contribution in [0.1, 0.15) is 44.2 Å². The number of fused-ring (bicyclic) bond motifs is 3. The molecule has 3 aliphatic rings. The molecule has 0 spiro atoms. The fourth-order valence-corrected chi connectivity index (χ4v) is 5.61. The van der Waals surface area contributed by atoms with Gasteiger partial charge in [0.2, 0.25) is 5.91 Å². The number of carbonyl (C=O) groups is 3. The number of oxime groups is 1. The Morgan fingerprint density at radius 2 is 1.61 bits per heavy atom. The Kier molecular flexibility index (Phi) is 6.24. The van der Waals surface area contributed by atoms with E-state index in [-0.39, 0.29) is 24.2 Å². The molecule has 2 fully saturated rings. The van der Waals surface area contributed by atoms with Gasteiger partial charge in [-0.2, -0.15) is 0 Å². The van der Waals surface area contributed by atoms with Gasteiger partial charge in [-0.05, 0) is 44.2 Å². The molecule has 186 valence electrons. The normalized spacial score (nSPS) is 27.4. The first-order valence-electron chi connectivity index (χ1n) is 12.4. The molecule has 36 heavy (non-hydrogen) atoms. The molecule has 0 heterocycles. The number of esters is 1. The molecule has 1 N–H and O–H groups in total. The fraction of sp³-hybridized carbons (Fsp3) is 0.379. The number of hydrogen-bond donors (Lipinski definition) is 1. The maximum atomic E-state index is 13.3. The molecule has 0 radical (unpaired) electrons. The minimum Gasteiger partial charge on any atom is -0.464 e. The number of ether oxygens (including phenoxy) is 1. The average Bonchev–Trinajstić information content (AvgIpc) is 3.27. The van der Waals surface area contributed by atoms with E-state index in [1.165, 1.54) is 6.92 Å². The lowest BCUT2D eigenvalue weighted by Crippen LogP contribution is -2.49. The third-order valence-electron chi connectivity index (χ3n) is 7.61. The van der Waals surface area contributed by atoms with Crippen molar-refractivity contribution in [2.24, 2.45) is 22.9 Å². The number of Topliss-reactive ketones (excluding diaryl/α,β-unsaturated/α-hetero) is 1.